The first kappa shape index (κ1) is 26.9. The largest absolute Gasteiger partial charge is 0.463 e. The van der Waals surface area contributed by atoms with Crippen LogP contribution in [-0.4, -0.2) is 60.4 Å². The van der Waals surface area contributed by atoms with Crippen molar-refractivity contribution >= 4 is 29.4 Å². The maximum Gasteiger partial charge on any atom is 0.336 e. The van der Waals surface area contributed by atoms with E-state index < -0.39 is 11.9 Å². The zero-order valence-corrected chi connectivity index (χ0v) is 22.2. The van der Waals surface area contributed by atoms with Crippen LogP contribution in [0.15, 0.2) is 59.8 Å². The van der Waals surface area contributed by atoms with Crippen molar-refractivity contribution in [1.29, 1.82) is 0 Å². The second-order valence-electron chi connectivity index (χ2n) is 9.48. The molecule has 1 saturated heterocycles. The molecular weight excluding hydrogens is 490 g/mol. The highest BCUT2D eigenvalue weighted by Gasteiger charge is 2.37. The van der Waals surface area contributed by atoms with Gasteiger partial charge in [0, 0.05) is 41.7 Å². The lowest BCUT2D eigenvalue weighted by atomic mass is 9.83. The molecule has 2 amide bonds. The summed E-state index contributed by atoms with van der Waals surface area (Å²) in [5, 5.41) is 3.50. The van der Waals surface area contributed by atoms with Gasteiger partial charge >= 0.3 is 5.97 Å². The highest BCUT2D eigenvalue weighted by molar-refractivity contribution is 6.31. The van der Waals surface area contributed by atoms with Gasteiger partial charge in [-0.25, -0.2) is 4.79 Å². The van der Waals surface area contributed by atoms with Crippen LogP contribution in [0, 0.1) is 0 Å². The molecule has 1 atom stereocenters. The molecule has 2 aliphatic heterocycles. The number of ether oxygens (including phenoxy) is 1. The summed E-state index contributed by atoms with van der Waals surface area (Å²) in [6, 6.07) is 14.5. The summed E-state index contributed by atoms with van der Waals surface area (Å²) in [6.45, 7) is 7.63. The van der Waals surface area contributed by atoms with Gasteiger partial charge in [-0.1, -0.05) is 41.9 Å². The maximum atomic E-state index is 13.3. The summed E-state index contributed by atoms with van der Waals surface area (Å²) >= 11 is 6.45. The van der Waals surface area contributed by atoms with Gasteiger partial charge in [0.1, 0.15) is 0 Å². The molecule has 2 aromatic carbocycles. The summed E-state index contributed by atoms with van der Waals surface area (Å²) in [5.74, 6) is -1.18. The lowest BCUT2D eigenvalue weighted by Gasteiger charge is -2.35. The first-order valence-corrected chi connectivity index (χ1v) is 13.3. The van der Waals surface area contributed by atoms with Gasteiger partial charge in [0.05, 0.1) is 18.7 Å². The number of nitrogens with one attached hydrogen (secondary N) is 1. The van der Waals surface area contributed by atoms with Crippen molar-refractivity contribution in [2.75, 3.05) is 32.8 Å². The smallest absolute Gasteiger partial charge is 0.336 e. The van der Waals surface area contributed by atoms with Crippen LogP contribution in [0.5, 0.6) is 0 Å². The molecule has 0 aliphatic carbocycles. The van der Waals surface area contributed by atoms with Gasteiger partial charge in [0.25, 0.3) is 5.91 Å². The molecule has 2 aromatic rings. The van der Waals surface area contributed by atoms with Crippen LogP contribution in [0.25, 0.3) is 0 Å². The van der Waals surface area contributed by atoms with E-state index >= 15 is 0 Å². The number of nitrogens with zero attached hydrogens (tertiary/aromatic N) is 2. The number of benzene rings is 2. The number of hydrogen-bond acceptors (Lipinski definition) is 5. The highest BCUT2D eigenvalue weighted by Crippen LogP contribution is 2.40. The summed E-state index contributed by atoms with van der Waals surface area (Å²) < 4.78 is 5.37. The minimum absolute atomic E-state index is 0.103. The SMILES string of the molecule is CCOC(=O)C1=C(C)N(Cc2cccc(C(=O)NCCN3CCCC3)c2)C(=O)CC1c1ccccc1Cl. The molecule has 196 valence electrons. The fourth-order valence-electron chi connectivity index (χ4n) is 5.13. The Morgan fingerprint density at radius 3 is 2.59 bits per heavy atom. The summed E-state index contributed by atoms with van der Waals surface area (Å²) in [6.07, 6.45) is 2.54. The molecule has 0 saturated carbocycles. The molecule has 2 aliphatic rings. The number of halogens is 1. The number of hydrogen-bond donors (Lipinski definition) is 1. The topological polar surface area (TPSA) is 79.0 Å². The Morgan fingerprint density at radius 2 is 1.86 bits per heavy atom. The number of likely N-dealkylation sites (tertiary alicyclic amines) is 1. The third kappa shape index (κ3) is 6.40. The third-order valence-corrected chi connectivity index (χ3v) is 7.39. The van der Waals surface area contributed by atoms with Crippen LogP contribution in [0.3, 0.4) is 0 Å². The van der Waals surface area contributed by atoms with Gasteiger partial charge in [-0.2, -0.15) is 0 Å². The molecule has 37 heavy (non-hydrogen) atoms. The molecular formula is C29H34ClN3O4. The average molecular weight is 524 g/mol. The van der Waals surface area contributed by atoms with E-state index in [2.05, 4.69) is 10.2 Å². The van der Waals surface area contributed by atoms with E-state index in [1.54, 1.807) is 36.9 Å². The van der Waals surface area contributed by atoms with E-state index in [4.69, 9.17) is 16.3 Å². The Labute approximate surface area is 223 Å². The van der Waals surface area contributed by atoms with Crippen molar-refractivity contribution in [3.05, 3.63) is 81.5 Å². The molecule has 0 bridgehead atoms. The Bertz CT molecular complexity index is 1190. The molecule has 1 unspecified atom stereocenters. The van der Waals surface area contributed by atoms with Gasteiger partial charge in [-0.05, 0) is 69.1 Å². The van der Waals surface area contributed by atoms with E-state index in [-0.39, 0.29) is 31.4 Å². The minimum atomic E-state index is -0.482. The van der Waals surface area contributed by atoms with E-state index in [1.165, 1.54) is 12.8 Å². The number of amides is 2. The van der Waals surface area contributed by atoms with Crippen molar-refractivity contribution < 1.29 is 19.1 Å². The monoisotopic (exact) mass is 523 g/mol. The molecule has 7 nitrogen and oxygen atoms in total. The van der Waals surface area contributed by atoms with Crippen molar-refractivity contribution in [1.82, 2.24) is 15.1 Å². The van der Waals surface area contributed by atoms with Gasteiger partial charge in [-0.3, -0.25) is 9.59 Å². The van der Waals surface area contributed by atoms with Crippen molar-refractivity contribution in [2.45, 2.75) is 45.6 Å². The third-order valence-electron chi connectivity index (χ3n) is 7.04. The van der Waals surface area contributed by atoms with Crippen LogP contribution in [0.2, 0.25) is 5.02 Å². The standard InChI is InChI=1S/C29H34ClN3O4/c1-3-37-29(36)27-20(2)33(26(34)18-24(27)23-11-4-5-12-25(23)30)19-21-9-8-10-22(17-21)28(35)31-13-16-32-14-6-7-15-32/h4-5,8-12,17,24H,3,6-7,13-16,18-19H2,1-2H3,(H,31,35). The highest BCUT2D eigenvalue weighted by atomic mass is 35.5. The van der Waals surface area contributed by atoms with E-state index in [0.717, 1.165) is 30.8 Å². The molecule has 1 fully saturated rings. The normalized spacial score (nSPS) is 18.3. The molecule has 0 aromatic heterocycles. The van der Waals surface area contributed by atoms with Crippen LogP contribution in [0.4, 0.5) is 0 Å². The summed E-state index contributed by atoms with van der Waals surface area (Å²) in [7, 11) is 0. The predicted molar refractivity (Wildman–Crippen MR) is 143 cm³/mol. The second-order valence-corrected chi connectivity index (χ2v) is 9.89. The molecule has 8 heteroatoms. The summed E-state index contributed by atoms with van der Waals surface area (Å²) in [4.78, 5) is 43.1. The second kappa shape index (κ2) is 12.4. The molecule has 1 N–H and O–H groups in total. The predicted octanol–water partition coefficient (Wildman–Crippen LogP) is 4.52. The Kier molecular flexibility index (Phi) is 9.00. The fraction of sp³-hybridized carbons (Fsp3) is 0.414. The Morgan fingerprint density at radius 1 is 1.11 bits per heavy atom. The van der Waals surface area contributed by atoms with Crippen LogP contribution in [0.1, 0.15) is 60.5 Å². The first-order valence-electron chi connectivity index (χ1n) is 12.9. The fourth-order valence-corrected chi connectivity index (χ4v) is 5.40. The van der Waals surface area contributed by atoms with E-state index in [9.17, 15) is 14.4 Å². The molecule has 0 spiro atoms. The summed E-state index contributed by atoms with van der Waals surface area (Å²) in [5.41, 5.74) is 3.06. The van der Waals surface area contributed by atoms with Crippen LogP contribution >= 0.6 is 11.6 Å². The van der Waals surface area contributed by atoms with E-state index in [0.29, 0.717) is 28.4 Å². The quantitative estimate of drug-likeness (QED) is 0.489. The van der Waals surface area contributed by atoms with E-state index in [1.807, 2.05) is 30.3 Å². The van der Waals surface area contributed by atoms with Gasteiger partial charge < -0.3 is 19.9 Å². The van der Waals surface area contributed by atoms with Crippen molar-refractivity contribution in [3.8, 4) is 0 Å². The van der Waals surface area contributed by atoms with Crippen molar-refractivity contribution in [2.24, 2.45) is 0 Å². The molecule has 0 radical (unpaired) electrons. The van der Waals surface area contributed by atoms with Gasteiger partial charge in [0.15, 0.2) is 0 Å². The average Bonchev–Trinajstić information content (AvgIpc) is 3.40. The maximum absolute atomic E-state index is 13.3. The lowest BCUT2D eigenvalue weighted by Crippen LogP contribution is -2.38. The zero-order chi connectivity index (χ0) is 26.4. The molecule has 4 rings (SSSR count). The Hall–Kier alpha value is -3.16. The first-order chi connectivity index (χ1) is 17.9. The number of rotatable bonds is 9. The number of carbonyl (C=O) groups is 3. The van der Waals surface area contributed by atoms with Gasteiger partial charge in [0.2, 0.25) is 5.91 Å². The number of esters is 1. The Balaban J connectivity index is 1.53. The number of carbonyl (C=O) groups excluding carboxylic acids is 3. The zero-order valence-electron chi connectivity index (χ0n) is 21.5. The molecule has 2 heterocycles. The minimum Gasteiger partial charge on any atom is -0.463 e. The van der Waals surface area contributed by atoms with Crippen LogP contribution in [-0.2, 0) is 20.9 Å². The van der Waals surface area contributed by atoms with Gasteiger partial charge in [-0.15, -0.1) is 0 Å². The lowest BCUT2D eigenvalue weighted by molar-refractivity contribution is -0.140. The number of allylic oxidation sites excluding steroid dienone is 1. The van der Waals surface area contributed by atoms with Crippen molar-refractivity contribution in [3.63, 3.8) is 0 Å². The van der Waals surface area contributed by atoms with Crippen LogP contribution < -0.4 is 5.32 Å².